The van der Waals surface area contributed by atoms with Gasteiger partial charge in [0.1, 0.15) is 0 Å². The summed E-state index contributed by atoms with van der Waals surface area (Å²) in [4.78, 5) is 26.1. The van der Waals surface area contributed by atoms with Gasteiger partial charge in [-0.3, -0.25) is 4.79 Å². The third-order valence-corrected chi connectivity index (χ3v) is 6.84. The zero-order valence-electron chi connectivity index (χ0n) is 17.1. The van der Waals surface area contributed by atoms with Crippen LogP contribution in [0.5, 0.6) is 0 Å². The average molecular weight is 470 g/mol. The summed E-state index contributed by atoms with van der Waals surface area (Å²) in [6, 6.07) is 10.1. The maximum Gasteiger partial charge on any atom is 0.416 e. The summed E-state index contributed by atoms with van der Waals surface area (Å²) in [7, 11) is -1.73. The van der Waals surface area contributed by atoms with E-state index in [4.69, 9.17) is 4.74 Å². The van der Waals surface area contributed by atoms with Gasteiger partial charge in [-0.15, -0.1) is 0 Å². The highest BCUT2D eigenvalue weighted by Gasteiger charge is 2.33. The van der Waals surface area contributed by atoms with Gasteiger partial charge in [-0.05, 0) is 36.8 Å². The van der Waals surface area contributed by atoms with Crippen LogP contribution >= 0.6 is 0 Å². The molecule has 2 aromatic rings. The Labute approximate surface area is 183 Å². The van der Waals surface area contributed by atoms with Crippen LogP contribution in [0.25, 0.3) is 0 Å². The number of nitrogens with zero attached hydrogens (tertiary/aromatic N) is 1. The number of amides is 1. The van der Waals surface area contributed by atoms with Crippen LogP contribution in [0.4, 0.5) is 24.5 Å². The van der Waals surface area contributed by atoms with Crippen molar-refractivity contribution in [1.29, 1.82) is 0 Å². The SMILES string of the molecule is CN(C(=O)COC(=O)c1ccccc1Nc1cccc(C(F)(F)F)c1)[C@@H]1CCS(=O)(=O)C1. The molecular formula is C21H21F3N2O5S. The number of carbonyl (C=O) groups excluding carboxylic acids is 2. The monoisotopic (exact) mass is 470 g/mol. The molecule has 0 spiro atoms. The van der Waals surface area contributed by atoms with Crippen molar-refractivity contribution in [2.24, 2.45) is 0 Å². The molecule has 1 fully saturated rings. The first kappa shape index (κ1) is 23.6. The number of nitrogens with one attached hydrogen (secondary N) is 1. The number of alkyl halides is 3. The van der Waals surface area contributed by atoms with Gasteiger partial charge in [0.25, 0.3) is 5.91 Å². The van der Waals surface area contributed by atoms with Crippen LogP contribution in [0.15, 0.2) is 48.5 Å². The minimum atomic E-state index is -4.51. The molecule has 0 aliphatic carbocycles. The van der Waals surface area contributed by atoms with Gasteiger partial charge in [-0.1, -0.05) is 18.2 Å². The summed E-state index contributed by atoms with van der Waals surface area (Å²) >= 11 is 0. The second-order valence-electron chi connectivity index (χ2n) is 7.39. The lowest BCUT2D eigenvalue weighted by atomic mass is 10.1. The van der Waals surface area contributed by atoms with Crippen molar-refractivity contribution in [3.05, 3.63) is 59.7 Å². The zero-order valence-corrected chi connectivity index (χ0v) is 17.9. The molecule has 0 radical (unpaired) electrons. The maximum atomic E-state index is 12.9. The van der Waals surface area contributed by atoms with Crippen LogP contribution in [0.3, 0.4) is 0 Å². The number of esters is 1. The van der Waals surface area contributed by atoms with E-state index in [9.17, 15) is 31.2 Å². The Hall–Kier alpha value is -3.08. The molecule has 0 saturated carbocycles. The molecule has 1 N–H and O–H groups in total. The topological polar surface area (TPSA) is 92.8 Å². The normalized spacial score (nSPS) is 17.6. The molecule has 1 aliphatic rings. The summed E-state index contributed by atoms with van der Waals surface area (Å²) in [6.45, 7) is -0.593. The van der Waals surface area contributed by atoms with Gasteiger partial charge in [-0.2, -0.15) is 13.2 Å². The number of hydrogen-bond acceptors (Lipinski definition) is 6. The summed E-state index contributed by atoms with van der Waals surface area (Å²) in [5, 5.41) is 2.77. The van der Waals surface area contributed by atoms with Crippen molar-refractivity contribution in [3.8, 4) is 0 Å². The van der Waals surface area contributed by atoms with Gasteiger partial charge < -0.3 is 15.0 Å². The Morgan fingerprint density at radius 3 is 2.53 bits per heavy atom. The highest BCUT2D eigenvalue weighted by atomic mass is 32.2. The van der Waals surface area contributed by atoms with E-state index in [1.54, 1.807) is 12.1 Å². The van der Waals surface area contributed by atoms with E-state index >= 15 is 0 Å². The van der Waals surface area contributed by atoms with Gasteiger partial charge in [0.15, 0.2) is 16.4 Å². The number of sulfone groups is 1. The number of para-hydroxylation sites is 1. The second kappa shape index (κ2) is 9.19. The molecular weight excluding hydrogens is 449 g/mol. The van der Waals surface area contributed by atoms with Crippen LogP contribution in [0, 0.1) is 0 Å². The molecule has 1 saturated heterocycles. The third-order valence-electron chi connectivity index (χ3n) is 5.09. The minimum Gasteiger partial charge on any atom is -0.452 e. The molecule has 1 atom stereocenters. The van der Waals surface area contributed by atoms with E-state index < -0.39 is 46.1 Å². The number of anilines is 2. The Kier molecular flexibility index (Phi) is 6.77. The van der Waals surface area contributed by atoms with Crippen LogP contribution in [0.1, 0.15) is 22.3 Å². The average Bonchev–Trinajstić information content (AvgIpc) is 3.11. The number of likely N-dealkylation sites (N-methyl/N-ethyl adjacent to an activating group) is 1. The van der Waals surface area contributed by atoms with Crippen LogP contribution in [0.2, 0.25) is 0 Å². The summed E-state index contributed by atoms with van der Waals surface area (Å²) in [5.41, 5.74) is -0.480. The third kappa shape index (κ3) is 5.78. The second-order valence-corrected chi connectivity index (χ2v) is 9.62. The van der Waals surface area contributed by atoms with Gasteiger partial charge in [0.05, 0.1) is 28.3 Å². The first-order chi connectivity index (χ1) is 15.0. The Morgan fingerprint density at radius 2 is 1.88 bits per heavy atom. The van der Waals surface area contributed by atoms with Crippen molar-refractivity contribution in [2.75, 3.05) is 30.5 Å². The molecule has 0 aromatic heterocycles. The number of carbonyl (C=O) groups is 2. The standard InChI is InChI=1S/C21H21F3N2O5S/c1-26(16-9-10-32(29,30)13-16)19(27)12-31-20(28)17-7-2-3-8-18(17)25-15-6-4-5-14(11-15)21(22,23)24/h2-8,11,16,25H,9-10,12-13H2,1H3/t16-/m1/s1. The Morgan fingerprint density at radius 1 is 1.16 bits per heavy atom. The van der Waals surface area contributed by atoms with Gasteiger partial charge in [0.2, 0.25) is 0 Å². The molecule has 2 aromatic carbocycles. The first-order valence-corrected chi connectivity index (χ1v) is 11.4. The Bertz CT molecular complexity index is 1120. The lowest BCUT2D eigenvalue weighted by molar-refractivity contribution is -0.137. The largest absolute Gasteiger partial charge is 0.452 e. The van der Waals surface area contributed by atoms with Crippen molar-refractivity contribution in [3.63, 3.8) is 0 Å². The van der Waals surface area contributed by atoms with Crippen LogP contribution in [-0.4, -0.2) is 56.4 Å². The summed E-state index contributed by atoms with van der Waals surface area (Å²) in [6.07, 6.45) is -4.19. The van der Waals surface area contributed by atoms with E-state index in [1.807, 2.05) is 0 Å². The molecule has 0 bridgehead atoms. The summed E-state index contributed by atoms with van der Waals surface area (Å²) < 4.78 is 67.1. The van der Waals surface area contributed by atoms with Crippen molar-refractivity contribution in [2.45, 2.75) is 18.6 Å². The van der Waals surface area contributed by atoms with Crippen LogP contribution < -0.4 is 5.32 Å². The molecule has 1 heterocycles. The predicted octanol–water partition coefficient (Wildman–Crippen LogP) is 3.25. The van der Waals surface area contributed by atoms with Gasteiger partial charge >= 0.3 is 12.1 Å². The number of halogens is 3. The van der Waals surface area contributed by atoms with Gasteiger partial charge in [0, 0.05) is 18.8 Å². The van der Waals surface area contributed by atoms with E-state index in [0.717, 1.165) is 12.1 Å². The van der Waals surface area contributed by atoms with E-state index in [1.165, 1.54) is 36.2 Å². The molecule has 0 unspecified atom stereocenters. The fourth-order valence-corrected chi connectivity index (χ4v) is 5.06. The van der Waals surface area contributed by atoms with Crippen molar-refractivity contribution < 1.29 is 35.9 Å². The smallest absolute Gasteiger partial charge is 0.416 e. The fraction of sp³-hybridized carbons (Fsp3) is 0.333. The van der Waals surface area contributed by atoms with E-state index in [2.05, 4.69) is 5.32 Å². The molecule has 32 heavy (non-hydrogen) atoms. The van der Waals surface area contributed by atoms with E-state index in [-0.39, 0.29) is 28.4 Å². The highest BCUT2D eigenvalue weighted by molar-refractivity contribution is 7.91. The van der Waals surface area contributed by atoms with Gasteiger partial charge in [-0.25, -0.2) is 13.2 Å². The van der Waals surface area contributed by atoms with Crippen molar-refractivity contribution in [1.82, 2.24) is 4.90 Å². The molecule has 11 heteroatoms. The first-order valence-electron chi connectivity index (χ1n) is 9.63. The Balaban J connectivity index is 1.66. The number of hydrogen-bond donors (Lipinski definition) is 1. The predicted molar refractivity (Wildman–Crippen MR) is 111 cm³/mol. The molecule has 172 valence electrons. The summed E-state index contributed by atoms with van der Waals surface area (Å²) in [5.74, 6) is -1.53. The molecule has 3 rings (SSSR count). The number of rotatable bonds is 6. The quantitative estimate of drug-likeness (QED) is 0.652. The lowest BCUT2D eigenvalue weighted by Crippen LogP contribution is -2.40. The van der Waals surface area contributed by atoms with Crippen LogP contribution in [-0.2, 0) is 25.5 Å². The van der Waals surface area contributed by atoms with Crippen molar-refractivity contribution >= 4 is 33.1 Å². The highest BCUT2D eigenvalue weighted by Crippen LogP contribution is 2.32. The minimum absolute atomic E-state index is 0.00363. The molecule has 7 nitrogen and oxygen atoms in total. The fourth-order valence-electron chi connectivity index (χ4n) is 3.29. The maximum absolute atomic E-state index is 12.9. The van der Waals surface area contributed by atoms with E-state index in [0.29, 0.717) is 6.42 Å². The molecule has 1 aliphatic heterocycles. The number of benzene rings is 2. The lowest BCUT2D eigenvalue weighted by Gasteiger charge is -2.23. The zero-order chi connectivity index (χ0) is 23.5. The number of ether oxygens (including phenoxy) is 1. The molecule has 1 amide bonds.